The van der Waals surface area contributed by atoms with Gasteiger partial charge in [-0.25, -0.2) is 9.97 Å². The fourth-order valence-corrected chi connectivity index (χ4v) is 2.28. The molecule has 0 spiro atoms. The molecule has 0 amide bonds. The van der Waals surface area contributed by atoms with Gasteiger partial charge in [0, 0.05) is 19.9 Å². The van der Waals surface area contributed by atoms with Crippen LogP contribution in [0.15, 0.2) is 29.8 Å². The van der Waals surface area contributed by atoms with Crippen molar-refractivity contribution in [3.8, 4) is 10.6 Å². The van der Waals surface area contributed by atoms with Crippen molar-refractivity contribution < 1.29 is 4.74 Å². The Balaban J connectivity index is 1.97. The molecule has 100 valence electrons. The highest BCUT2D eigenvalue weighted by Crippen LogP contribution is 2.22. The fourth-order valence-electron chi connectivity index (χ4n) is 1.39. The number of anilines is 1. The average molecular weight is 294 g/mol. The van der Waals surface area contributed by atoms with Gasteiger partial charge < -0.3 is 15.4 Å². The second-order valence-corrected chi connectivity index (χ2v) is 4.97. The lowest BCUT2D eigenvalue weighted by Crippen LogP contribution is -2.31. The Morgan fingerprint density at radius 2 is 2.37 bits per heavy atom. The van der Waals surface area contributed by atoms with Crippen molar-refractivity contribution in [2.24, 2.45) is 0 Å². The number of rotatable bonds is 5. The van der Waals surface area contributed by atoms with E-state index >= 15 is 0 Å². The molecule has 0 bridgehead atoms. The summed E-state index contributed by atoms with van der Waals surface area (Å²) in [5.41, 5.74) is 0.882. The topological polar surface area (TPSA) is 59.1 Å². The smallest absolute Gasteiger partial charge is 0.229 e. The maximum Gasteiger partial charge on any atom is 0.229 e. The zero-order valence-electron chi connectivity index (χ0n) is 10.4. The van der Waals surface area contributed by atoms with Gasteiger partial charge in [0.05, 0.1) is 17.2 Å². The summed E-state index contributed by atoms with van der Waals surface area (Å²) in [7, 11) is 1.64. The quantitative estimate of drug-likeness (QED) is 0.651. The van der Waals surface area contributed by atoms with Crippen LogP contribution in [0.3, 0.4) is 0 Å². The van der Waals surface area contributed by atoms with E-state index < -0.39 is 0 Å². The number of hydrogen-bond donors (Lipinski definition) is 2. The lowest BCUT2D eigenvalue weighted by Gasteiger charge is -2.09. The zero-order chi connectivity index (χ0) is 13.5. The first-order valence-corrected chi connectivity index (χ1v) is 6.99. The van der Waals surface area contributed by atoms with Gasteiger partial charge >= 0.3 is 0 Å². The maximum absolute atomic E-state index is 5.14. The number of nitrogens with one attached hydrogen (secondary N) is 2. The van der Waals surface area contributed by atoms with Crippen LogP contribution in [0, 0.1) is 0 Å². The van der Waals surface area contributed by atoms with Crippen molar-refractivity contribution in [3.05, 3.63) is 29.8 Å². The molecule has 0 atom stereocenters. The van der Waals surface area contributed by atoms with Gasteiger partial charge in [0.25, 0.3) is 0 Å². The Morgan fingerprint density at radius 3 is 3.11 bits per heavy atom. The Bertz CT molecular complexity index is 530. The third-order valence-corrected chi connectivity index (χ3v) is 3.39. The molecule has 2 rings (SSSR count). The minimum atomic E-state index is 0.486. The van der Waals surface area contributed by atoms with Crippen LogP contribution in [0.25, 0.3) is 10.6 Å². The van der Waals surface area contributed by atoms with E-state index in [1.165, 1.54) is 0 Å². The van der Waals surface area contributed by atoms with Crippen LogP contribution in [-0.2, 0) is 4.74 Å². The standard InChI is InChI=1S/C12H14N4OS2/c1-17-7-6-14-12(18)16-11-13-5-4-9(15-11)10-3-2-8-19-10/h2-5,8H,6-7H2,1H3,(H2,13,14,15,16,18). The van der Waals surface area contributed by atoms with Crippen LogP contribution in [0.1, 0.15) is 0 Å². The summed E-state index contributed by atoms with van der Waals surface area (Å²) in [4.78, 5) is 9.65. The van der Waals surface area contributed by atoms with E-state index in [4.69, 9.17) is 17.0 Å². The van der Waals surface area contributed by atoms with Gasteiger partial charge in [0.1, 0.15) is 0 Å². The van der Waals surface area contributed by atoms with Crippen molar-refractivity contribution in [1.29, 1.82) is 0 Å². The predicted molar refractivity (Wildman–Crippen MR) is 81.4 cm³/mol. The SMILES string of the molecule is COCCNC(=S)Nc1nccc(-c2cccs2)n1. The summed E-state index contributed by atoms with van der Waals surface area (Å²) < 4.78 is 4.93. The summed E-state index contributed by atoms with van der Waals surface area (Å²) in [6.45, 7) is 1.24. The van der Waals surface area contributed by atoms with Crippen molar-refractivity contribution in [1.82, 2.24) is 15.3 Å². The molecule has 2 N–H and O–H groups in total. The van der Waals surface area contributed by atoms with Gasteiger partial charge in [-0.3, -0.25) is 0 Å². The molecule has 0 radical (unpaired) electrons. The molecule has 5 nitrogen and oxygen atoms in total. The molecule has 0 aromatic carbocycles. The summed E-state index contributed by atoms with van der Waals surface area (Å²) >= 11 is 6.77. The monoisotopic (exact) mass is 294 g/mol. The van der Waals surface area contributed by atoms with Gasteiger partial charge in [-0.2, -0.15) is 0 Å². The molecule has 0 aliphatic rings. The molecule has 2 aromatic rings. The number of thiophene rings is 1. The zero-order valence-corrected chi connectivity index (χ0v) is 12.1. The van der Waals surface area contributed by atoms with Crippen LogP contribution in [-0.4, -0.2) is 35.3 Å². The number of nitrogens with zero attached hydrogens (tertiary/aromatic N) is 2. The first-order valence-electron chi connectivity index (χ1n) is 5.70. The Hall–Kier alpha value is -1.57. The van der Waals surface area contributed by atoms with Crippen LogP contribution < -0.4 is 10.6 Å². The van der Waals surface area contributed by atoms with E-state index in [0.29, 0.717) is 24.2 Å². The average Bonchev–Trinajstić information content (AvgIpc) is 2.93. The van der Waals surface area contributed by atoms with E-state index in [0.717, 1.165) is 10.6 Å². The largest absolute Gasteiger partial charge is 0.383 e. The molecular formula is C12H14N4OS2. The molecule has 2 heterocycles. The summed E-state index contributed by atoms with van der Waals surface area (Å²) in [5.74, 6) is 0.487. The van der Waals surface area contributed by atoms with Gasteiger partial charge in [-0.1, -0.05) is 6.07 Å². The second kappa shape index (κ2) is 7.13. The predicted octanol–water partition coefficient (Wildman–Crippen LogP) is 2.14. The van der Waals surface area contributed by atoms with E-state index in [1.807, 2.05) is 23.6 Å². The third-order valence-electron chi connectivity index (χ3n) is 2.25. The molecule has 7 heteroatoms. The number of ether oxygens (including phenoxy) is 1. The van der Waals surface area contributed by atoms with Crippen LogP contribution in [0.2, 0.25) is 0 Å². The van der Waals surface area contributed by atoms with Crippen molar-refractivity contribution in [3.63, 3.8) is 0 Å². The van der Waals surface area contributed by atoms with Gasteiger partial charge in [-0.15, -0.1) is 11.3 Å². The lowest BCUT2D eigenvalue weighted by molar-refractivity contribution is 0.204. The molecule has 0 fully saturated rings. The minimum Gasteiger partial charge on any atom is -0.383 e. The molecular weight excluding hydrogens is 280 g/mol. The lowest BCUT2D eigenvalue weighted by atomic mass is 10.3. The molecule has 0 unspecified atom stereocenters. The number of thiocarbonyl (C=S) groups is 1. The highest BCUT2D eigenvalue weighted by molar-refractivity contribution is 7.80. The third kappa shape index (κ3) is 4.23. The van der Waals surface area contributed by atoms with Crippen LogP contribution >= 0.6 is 23.6 Å². The molecule has 0 aliphatic heterocycles. The highest BCUT2D eigenvalue weighted by atomic mass is 32.1. The van der Waals surface area contributed by atoms with Crippen molar-refractivity contribution in [2.45, 2.75) is 0 Å². The van der Waals surface area contributed by atoms with Gasteiger partial charge in [-0.05, 0) is 29.7 Å². The summed E-state index contributed by atoms with van der Waals surface area (Å²) in [6.07, 6.45) is 1.71. The Kier molecular flexibility index (Phi) is 5.20. The first-order chi connectivity index (χ1) is 9.29. The summed E-state index contributed by atoms with van der Waals surface area (Å²) in [6, 6.07) is 5.89. The molecule has 0 aliphatic carbocycles. The number of aromatic nitrogens is 2. The van der Waals surface area contributed by atoms with Crippen molar-refractivity contribution >= 4 is 34.6 Å². The van der Waals surface area contributed by atoms with E-state index in [-0.39, 0.29) is 0 Å². The number of methoxy groups -OCH3 is 1. The minimum absolute atomic E-state index is 0.486. The summed E-state index contributed by atoms with van der Waals surface area (Å²) in [5, 5.41) is 8.46. The molecule has 0 saturated carbocycles. The van der Waals surface area contributed by atoms with E-state index in [1.54, 1.807) is 24.6 Å². The maximum atomic E-state index is 5.14. The van der Waals surface area contributed by atoms with Crippen molar-refractivity contribution in [2.75, 3.05) is 25.6 Å². The Labute approximate surface area is 121 Å². The Morgan fingerprint density at radius 1 is 1.47 bits per heavy atom. The number of hydrogen-bond acceptors (Lipinski definition) is 5. The molecule has 19 heavy (non-hydrogen) atoms. The molecule has 0 saturated heterocycles. The van der Waals surface area contributed by atoms with Gasteiger partial charge in [0.15, 0.2) is 5.11 Å². The van der Waals surface area contributed by atoms with Gasteiger partial charge in [0.2, 0.25) is 5.95 Å². The van der Waals surface area contributed by atoms with Crippen LogP contribution in [0.4, 0.5) is 5.95 Å². The molecule has 2 aromatic heterocycles. The normalized spacial score (nSPS) is 10.2. The second-order valence-electron chi connectivity index (χ2n) is 3.62. The van der Waals surface area contributed by atoms with E-state index in [2.05, 4.69) is 20.6 Å². The fraction of sp³-hybridized carbons (Fsp3) is 0.250. The first kappa shape index (κ1) is 13.9. The van der Waals surface area contributed by atoms with Crippen LogP contribution in [0.5, 0.6) is 0 Å². The highest BCUT2D eigenvalue weighted by Gasteiger charge is 2.04. The van der Waals surface area contributed by atoms with E-state index in [9.17, 15) is 0 Å².